The van der Waals surface area contributed by atoms with E-state index in [0.29, 0.717) is 5.69 Å². The van der Waals surface area contributed by atoms with E-state index < -0.39 is 28.2 Å². The number of hydrogen-bond acceptors (Lipinski definition) is 4. The van der Waals surface area contributed by atoms with E-state index in [2.05, 4.69) is 9.71 Å². The lowest BCUT2D eigenvalue weighted by Crippen LogP contribution is -2.27. The summed E-state index contributed by atoms with van der Waals surface area (Å²) in [5.41, 5.74) is 1.51. The van der Waals surface area contributed by atoms with Gasteiger partial charge in [0.25, 0.3) is 0 Å². The second-order valence-corrected chi connectivity index (χ2v) is 5.48. The summed E-state index contributed by atoms with van der Waals surface area (Å²) < 4.78 is 25.2. The molecule has 1 aromatic heterocycles. The number of carbonyl (C=O) groups is 1. The standard InChI is InChI=1S/C10H14N2O4S/c1-8-3-2-5-11-9(8)7-12-17(15,16)6-4-10(13)14/h2-3,5,12H,4,6-7H2,1H3,(H,13,14). The number of nitrogens with zero attached hydrogens (tertiary/aromatic N) is 1. The molecule has 0 fully saturated rings. The quantitative estimate of drug-likeness (QED) is 0.764. The van der Waals surface area contributed by atoms with E-state index in [1.165, 1.54) is 0 Å². The maximum atomic E-state index is 11.4. The van der Waals surface area contributed by atoms with Crippen LogP contribution < -0.4 is 4.72 Å². The molecular weight excluding hydrogens is 244 g/mol. The zero-order chi connectivity index (χ0) is 12.9. The van der Waals surface area contributed by atoms with Crippen molar-refractivity contribution in [3.8, 4) is 0 Å². The largest absolute Gasteiger partial charge is 0.481 e. The van der Waals surface area contributed by atoms with Gasteiger partial charge in [-0.25, -0.2) is 13.1 Å². The average Bonchev–Trinajstić information content (AvgIpc) is 2.26. The highest BCUT2D eigenvalue weighted by Gasteiger charge is 2.13. The molecule has 0 aliphatic rings. The van der Waals surface area contributed by atoms with Crippen LogP contribution in [-0.4, -0.2) is 30.2 Å². The number of nitrogens with one attached hydrogen (secondary N) is 1. The summed E-state index contributed by atoms with van der Waals surface area (Å²) >= 11 is 0. The van der Waals surface area contributed by atoms with Crippen LogP contribution in [0.3, 0.4) is 0 Å². The van der Waals surface area contributed by atoms with Crippen LogP contribution in [0.4, 0.5) is 0 Å². The third-order valence-electron chi connectivity index (χ3n) is 2.16. The summed E-state index contributed by atoms with van der Waals surface area (Å²) in [5, 5.41) is 8.40. The Balaban J connectivity index is 2.56. The van der Waals surface area contributed by atoms with Gasteiger partial charge in [-0.2, -0.15) is 0 Å². The molecule has 1 rings (SSSR count). The molecule has 1 heterocycles. The lowest BCUT2D eigenvalue weighted by atomic mass is 10.2. The van der Waals surface area contributed by atoms with Gasteiger partial charge >= 0.3 is 5.97 Å². The van der Waals surface area contributed by atoms with E-state index in [1.807, 2.05) is 13.0 Å². The van der Waals surface area contributed by atoms with Gasteiger partial charge in [0, 0.05) is 6.20 Å². The maximum Gasteiger partial charge on any atom is 0.304 e. The van der Waals surface area contributed by atoms with Crippen LogP contribution in [0.1, 0.15) is 17.7 Å². The lowest BCUT2D eigenvalue weighted by molar-refractivity contribution is -0.136. The summed E-state index contributed by atoms with van der Waals surface area (Å²) in [7, 11) is -3.56. The normalized spacial score (nSPS) is 11.4. The molecule has 2 N–H and O–H groups in total. The van der Waals surface area contributed by atoms with Gasteiger partial charge in [-0.05, 0) is 18.6 Å². The number of hydrogen-bond donors (Lipinski definition) is 2. The van der Waals surface area contributed by atoms with Crippen LogP contribution in [0, 0.1) is 6.92 Å². The Morgan fingerprint density at radius 3 is 2.82 bits per heavy atom. The molecule has 0 saturated carbocycles. The fraction of sp³-hybridized carbons (Fsp3) is 0.400. The molecule has 0 unspecified atom stereocenters. The molecule has 7 heteroatoms. The third kappa shape index (κ3) is 4.92. The number of aromatic nitrogens is 1. The maximum absolute atomic E-state index is 11.4. The van der Waals surface area contributed by atoms with E-state index >= 15 is 0 Å². The Kier molecular flexibility index (Phi) is 4.59. The summed E-state index contributed by atoms with van der Waals surface area (Å²) in [6, 6.07) is 3.59. The monoisotopic (exact) mass is 258 g/mol. The van der Waals surface area contributed by atoms with Crippen molar-refractivity contribution in [2.24, 2.45) is 0 Å². The Morgan fingerprint density at radius 2 is 2.24 bits per heavy atom. The predicted octanol–water partition coefficient (Wildman–Crippen LogP) is 0.284. The van der Waals surface area contributed by atoms with Crippen molar-refractivity contribution in [3.63, 3.8) is 0 Å². The molecule has 0 amide bonds. The van der Waals surface area contributed by atoms with Gasteiger partial charge in [-0.15, -0.1) is 0 Å². The second kappa shape index (κ2) is 5.74. The van der Waals surface area contributed by atoms with E-state index in [1.54, 1.807) is 12.3 Å². The fourth-order valence-corrected chi connectivity index (χ4v) is 2.12. The smallest absolute Gasteiger partial charge is 0.304 e. The van der Waals surface area contributed by atoms with Gasteiger partial charge in [0.1, 0.15) is 0 Å². The topological polar surface area (TPSA) is 96.4 Å². The predicted molar refractivity (Wildman–Crippen MR) is 61.9 cm³/mol. The van der Waals surface area contributed by atoms with E-state index in [-0.39, 0.29) is 6.54 Å². The highest BCUT2D eigenvalue weighted by atomic mass is 32.2. The molecular formula is C10H14N2O4S. The van der Waals surface area contributed by atoms with Crippen LogP contribution in [0.25, 0.3) is 0 Å². The molecule has 0 aromatic carbocycles. The first-order chi connectivity index (χ1) is 7.91. The van der Waals surface area contributed by atoms with Crippen LogP contribution in [0.15, 0.2) is 18.3 Å². The Labute approximate surface area is 99.7 Å². The SMILES string of the molecule is Cc1cccnc1CNS(=O)(=O)CCC(=O)O. The molecule has 0 bridgehead atoms. The molecule has 0 radical (unpaired) electrons. The number of carboxylic acid groups (broad SMARTS) is 1. The van der Waals surface area contributed by atoms with Crippen molar-refractivity contribution in [2.45, 2.75) is 19.9 Å². The zero-order valence-electron chi connectivity index (χ0n) is 9.38. The van der Waals surface area contributed by atoms with Crippen molar-refractivity contribution in [3.05, 3.63) is 29.6 Å². The second-order valence-electron chi connectivity index (χ2n) is 3.55. The molecule has 94 valence electrons. The third-order valence-corrected chi connectivity index (χ3v) is 3.49. The Bertz CT molecular complexity index is 499. The first kappa shape index (κ1) is 13.6. The van der Waals surface area contributed by atoms with Crippen LogP contribution in [0.2, 0.25) is 0 Å². The van der Waals surface area contributed by atoms with Gasteiger partial charge in [-0.3, -0.25) is 9.78 Å². The van der Waals surface area contributed by atoms with E-state index in [0.717, 1.165) is 5.56 Å². The van der Waals surface area contributed by atoms with Crippen LogP contribution >= 0.6 is 0 Å². The molecule has 0 atom stereocenters. The first-order valence-corrected chi connectivity index (χ1v) is 6.65. The molecule has 17 heavy (non-hydrogen) atoms. The minimum Gasteiger partial charge on any atom is -0.481 e. The molecule has 0 aliphatic heterocycles. The van der Waals surface area contributed by atoms with E-state index in [9.17, 15) is 13.2 Å². The van der Waals surface area contributed by atoms with Crippen molar-refractivity contribution < 1.29 is 18.3 Å². The van der Waals surface area contributed by atoms with Crippen molar-refractivity contribution >= 4 is 16.0 Å². The van der Waals surface area contributed by atoms with Gasteiger partial charge in [0.2, 0.25) is 10.0 Å². The molecule has 6 nitrogen and oxygen atoms in total. The van der Waals surface area contributed by atoms with Crippen LogP contribution in [0.5, 0.6) is 0 Å². The highest BCUT2D eigenvalue weighted by molar-refractivity contribution is 7.89. The summed E-state index contributed by atoms with van der Waals surface area (Å²) in [6.45, 7) is 1.91. The van der Waals surface area contributed by atoms with Crippen molar-refractivity contribution in [2.75, 3.05) is 5.75 Å². The fourth-order valence-electron chi connectivity index (χ4n) is 1.18. The number of carboxylic acids is 1. The van der Waals surface area contributed by atoms with Crippen molar-refractivity contribution in [1.29, 1.82) is 0 Å². The minimum absolute atomic E-state index is 0.0780. The molecule has 0 aliphatic carbocycles. The van der Waals surface area contributed by atoms with Crippen LogP contribution in [-0.2, 0) is 21.4 Å². The molecule has 0 spiro atoms. The number of rotatable bonds is 6. The highest BCUT2D eigenvalue weighted by Crippen LogP contribution is 2.03. The Morgan fingerprint density at radius 1 is 1.53 bits per heavy atom. The lowest BCUT2D eigenvalue weighted by Gasteiger charge is -2.06. The van der Waals surface area contributed by atoms with Gasteiger partial charge in [0.05, 0.1) is 24.4 Å². The Hall–Kier alpha value is -1.47. The number of sulfonamides is 1. The van der Waals surface area contributed by atoms with Gasteiger partial charge in [-0.1, -0.05) is 6.07 Å². The molecule has 1 aromatic rings. The number of pyridine rings is 1. The van der Waals surface area contributed by atoms with Gasteiger partial charge in [0.15, 0.2) is 0 Å². The number of aryl methyl sites for hydroxylation is 1. The minimum atomic E-state index is -3.56. The summed E-state index contributed by atoms with van der Waals surface area (Å²) in [6.07, 6.45) is 1.17. The van der Waals surface area contributed by atoms with Crippen molar-refractivity contribution in [1.82, 2.24) is 9.71 Å². The first-order valence-electron chi connectivity index (χ1n) is 5.00. The number of aliphatic carboxylic acids is 1. The zero-order valence-corrected chi connectivity index (χ0v) is 10.2. The summed E-state index contributed by atoms with van der Waals surface area (Å²) in [5.74, 6) is -1.56. The summed E-state index contributed by atoms with van der Waals surface area (Å²) in [4.78, 5) is 14.3. The average molecular weight is 258 g/mol. The van der Waals surface area contributed by atoms with Gasteiger partial charge < -0.3 is 5.11 Å². The molecule has 0 saturated heterocycles. The van der Waals surface area contributed by atoms with E-state index in [4.69, 9.17) is 5.11 Å².